The van der Waals surface area contributed by atoms with Crippen LogP contribution in [0.1, 0.15) is 41.5 Å². The number of hydrogen-bond acceptors (Lipinski definition) is 4. The maximum absolute atomic E-state index is 12.4. The lowest BCUT2D eigenvalue weighted by atomic mass is 10.1. The van der Waals surface area contributed by atoms with Gasteiger partial charge in [-0.1, -0.05) is 12.1 Å². The third-order valence-electron chi connectivity index (χ3n) is 3.20. The number of carbonyl (C=O) groups is 3. The number of para-hydroxylation sites is 2. The van der Waals surface area contributed by atoms with E-state index in [4.69, 9.17) is 9.84 Å². The molecule has 0 fully saturated rings. The van der Waals surface area contributed by atoms with Crippen molar-refractivity contribution in [2.75, 3.05) is 10.6 Å². The lowest BCUT2D eigenvalue weighted by Crippen LogP contribution is -2.27. The third-order valence-corrected chi connectivity index (χ3v) is 3.20. The molecule has 0 saturated heterocycles. The summed E-state index contributed by atoms with van der Waals surface area (Å²) in [5.41, 5.74) is 0.521. The summed E-state index contributed by atoms with van der Waals surface area (Å²) < 4.78 is 5.20. The van der Waals surface area contributed by atoms with Crippen LogP contribution in [0.3, 0.4) is 0 Å². The number of carboxylic acids is 1. The van der Waals surface area contributed by atoms with Crippen molar-refractivity contribution in [1.82, 2.24) is 0 Å². The summed E-state index contributed by atoms with van der Waals surface area (Å²) in [6.07, 6.45) is -0.634. The summed E-state index contributed by atoms with van der Waals surface area (Å²) in [6, 6.07) is 12.2. The Bertz CT molecular complexity index is 823. The molecule has 0 aliphatic heterocycles. The first-order valence-electron chi connectivity index (χ1n) is 7.89. The molecule has 7 nitrogen and oxygen atoms in total. The standard InChI is InChI=1S/C19H20N2O5/c1-19(2,3)26-18(25)21-15-7-5-4-6-14(15)20-16(22)12-8-10-13(11-9-12)17(23)24/h4-11H,1-3H3,(H,20,22)(H,21,25)(H,23,24). The van der Waals surface area contributed by atoms with Gasteiger partial charge in [-0.25, -0.2) is 9.59 Å². The monoisotopic (exact) mass is 356 g/mol. The molecule has 0 unspecified atom stereocenters. The highest BCUT2D eigenvalue weighted by molar-refractivity contribution is 6.07. The average Bonchev–Trinajstić information content (AvgIpc) is 2.55. The molecular weight excluding hydrogens is 336 g/mol. The molecule has 0 spiro atoms. The van der Waals surface area contributed by atoms with E-state index in [1.54, 1.807) is 45.0 Å². The van der Waals surface area contributed by atoms with Crippen LogP contribution >= 0.6 is 0 Å². The first-order chi connectivity index (χ1) is 12.2. The lowest BCUT2D eigenvalue weighted by Gasteiger charge is -2.20. The highest BCUT2D eigenvalue weighted by Crippen LogP contribution is 2.23. The normalized spacial score (nSPS) is 10.7. The molecule has 2 amide bonds. The van der Waals surface area contributed by atoms with Crippen molar-refractivity contribution in [3.8, 4) is 0 Å². The Labute approximate surface area is 151 Å². The third kappa shape index (κ3) is 5.34. The maximum Gasteiger partial charge on any atom is 0.412 e. The Balaban J connectivity index is 2.13. The van der Waals surface area contributed by atoms with Crippen molar-refractivity contribution < 1.29 is 24.2 Å². The quantitative estimate of drug-likeness (QED) is 0.768. The summed E-state index contributed by atoms with van der Waals surface area (Å²) in [6.45, 7) is 5.25. The molecule has 26 heavy (non-hydrogen) atoms. The minimum absolute atomic E-state index is 0.0912. The van der Waals surface area contributed by atoms with Gasteiger partial charge in [0, 0.05) is 5.56 Å². The predicted octanol–water partition coefficient (Wildman–Crippen LogP) is 3.98. The maximum atomic E-state index is 12.4. The molecule has 0 bridgehead atoms. The second-order valence-electron chi connectivity index (χ2n) is 6.51. The van der Waals surface area contributed by atoms with Gasteiger partial charge in [-0.2, -0.15) is 0 Å². The van der Waals surface area contributed by atoms with Crippen LogP contribution in [0.25, 0.3) is 0 Å². The van der Waals surface area contributed by atoms with Crippen LogP contribution in [-0.4, -0.2) is 28.7 Å². The van der Waals surface area contributed by atoms with Gasteiger partial charge < -0.3 is 15.2 Å². The summed E-state index contributed by atoms with van der Waals surface area (Å²) in [5, 5.41) is 14.2. The van der Waals surface area contributed by atoms with Gasteiger partial charge in [0.05, 0.1) is 16.9 Å². The van der Waals surface area contributed by atoms with E-state index in [2.05, 4.69) is 10.6 Å². The molecule has 0 aromatic heterocycles. The Hall–Kier alpha value is -3.35. The zero-order valence-electron chi connectivity index (χ0n) is 14.7. The first kappa shape index (κ1) is 19.0. The Morgan fingerprint density at radius 1 is 0.846 bits per heavy atom. The van der Waals surface area contributed by atoms with E-state index in [-0.39, 0.29) is 5.56 Å². The number of carboxylic acid groups (broad SMARTS) is 1. The Morgan fingerprint density at radius 2 is 1.35 bits per heavy atom. The molecule has 0 atom stereocenters. The summed E-state index contributed by atoms with van der Waals surface area (Å²) in [5.74, 6) is -1.50. The topological polar surface area (TPSA) is 105 Å². The highest BCUT2D eigenvalue weighted by Gasteiger charge is 2.18. The molecule has 2 aromatic carbocycles. The van der Waals surface area contributed by atoms with E-state index < -0.39 is 23.6 Å². The molecular formula is C19H20N2O5. The number of nitrogens with one attached hydrogen (secondary N) is 2. The Morgan fingerprint density at radius 3 is 1.85 bits per heavy atom. The predicted molar refractivity (Wildman–Crippen MR) is 97.7 cm³/mol. The molecule has 0 radical (unpaired) electrons. The second kappa shape index (κ2) is 7.69. The molecule has 0 heterocycles. The fourth-order valence-electron chi connectivity index (χ4n) is 2.07. The number of benzene rings is 2. The van der Waals surface area contributed by atoms with Gasteiger partial charge in [-0.3, -0.25) is 10.1 Å². The number of carbonyl (C=O) groups excluding carboxylic acids is 2. The van der Waals surface area contributed by atoms with Gasteiger partial charge in [0.2, 0.25) is 0 Å². The molecule has 2 rings (SSSR count). The van der Waals surface area contributed by atoms with Crippen LogP contribution in [-0.2, 0) is 4.74 Å². The van der Waals surface area contributed by atoms with Gasteiger partial charge in [0.1, 0.15) is 5.60 Å². The summed E-state index contributed by atoms with van der Waals surface area (Å²) in [7, 11) is 0. The van der Waals surface area contributed by atoms with Gasteiger partial charge in [-0.05, 0) is 57.2 Å². The molecule has 0 aliphatic carbocycles. The van der Waals surface area contributed by atoms with E-state index in [1.165, 1.54) is 24.3 Å². The first-order valence-corrected chi connectivity index (χ1v) is 7.89. The largest absolute Gasteiger partial charge is 0.478 e. The van der Waals surface area contributed by atoms with Gasteiger partial charge in [-0.15, -0.1) is 0 Å². The number of amides is 2. The average molecular weight is 356 g/mol. The van der Waals surface area contributed by atoms with Gasteiger partial charge >= 0.3 is 12.1 Å². The van der Waals surface area contributed by atoms with E-state index in [0.717, 1.165) is 0 Å². The summed E-state index contributed by atoms with van der Waals surface area (Å²) in [4.78, 5) is 35.2. The van der Waals surface area contributed by atoms with Gasteiger partial charge in [0.15, 0.2) is 0 Å². The zero-order valence-corrected chi connectivity index (χ0v) is 14.7. The van der Waals surface area contributed by atoms with Crippen LogP contribution in [0.4, 0.5) is 16.2 Å². The number of hydrogen-bond donors (Lipinski definition) is 3. The highest BCUT2D eigenvalue weighted by atomic mass is 16.6. The van der Waals surface area contributed by atoms with Crippen molar-refractivity contribution in [1.29, 1.82) is 0 Å². The van der Waals surface area contributed by atoms with E-state index in [0.29, 0.717) is 16.9 Å². The number of rotatable bonds is 4. The lowest BCUT2D eigenvalue weighted by molar-refractivity contribution is 0.0634. The zero-order chi connectivity index (χ0) is 19.3. The van der Waals surface area contributed by atoms with Crippen molar-refractivity contribution >= 4 is 29.3 Å². The molecule has 0 aliphatic rings. The SMILES string of the molecule is CC(C)(C)OC(=O)Nc1ccccc1NC(=O)c1ccc(C(=O)O)cc1. The van der Waals surface area contributed by atoms with E-state index in [9.17, 15) is 14.4 Å². The van der Waals surface area contributed by atoms with Crippen LogP contribution in [0, 0.1) is 0 Å². The minimum atomic E-state index is -1.07. The van der Waals surface area contributed by atoms with Crippen molar-refractivity contribution in [2.24, 2.45) is 0 Å². The molecule has 136 valence electrons. The fourth-order valence-corrected chi connectivity index (χ4v) is 2.07. The van der Waals surface area contributed by atoms with Crippen LogP contribution in [0.5, 0.6) is 0 Å². The molecule has 2 aromatic rings. The van der Waals surface area contributed by atoms with Gasteiger partial charge in [0.25, 0.3) is 5.91 Å². The second-order valence-corrected chi connectivity index (χ2v) is 6.51. The van der Waals surface area contributed by atoms with Crippen LogP contribution in [0.2, 0.25) is 0 Å². The van der Waals surface area contributed by atoms with Crippen molar-refractivity contribution in [3.05, 3.63) is 59.7 Å². The number of anilines is 2. The van der Waals surface area contributed by atoms with E-state index >= 15 is 0 Å². The molecule has 7 heteroatoms. The summed E-state index contributed by atoms with van der Waals surface area (Å²) >= 11 is 0. The number of ether oxygens (including phenoxy) is 1. The fraction of sp³-hybridized carbons (Fsp3) is 0.211. The minimum Gasteiger partial charge on any atom is -0.478 e. The van der Waals surface area contributed by atoms with Crippen LogP contribution < -0.4 is 10.6 Å². The molecule has 0 saturated carbocycles. The molecule has 3 N–H and O–H groups in total. The van der Waals surface area contributed by atoms with Crippen LogP contribution in [0.15, 0.2) is 48.5 Å². The van der Waals surface area contributed by atoms with Crippen molar-refractivity contribution in [3.63, 3.8) is 0 Å². The Kier molecular flexibility index (Phi) is 5.61. The van der Waals surface area contributed by atoms with E-state index in [1.807, 2.05) is 0 Å². The number of aromatic carboxylic acids is 1. The smallest absolute Gasteiger partial charge is 0.412 e. The van der Waals surface area contributed by atoms with Crippen molar-refractivity contribution in [2.45, 2.75) is 26.4 Å².